The molecule has 4 rings (SSSR count). The quantitative estimate of drug-likeness (QED) is 0.372. The second kappa shape index (κ2) is 10.8. The fraction of sp³-hybridized carbons (Fsp3) is 0.321. The molecule has 0 aliphatic carbocycles. The van der Waals surface area contributed by atoms with E-state index in [1.54, 1.807) is 13.1 Å². The highest BCUT2D eigenvalue weighted by molar-refractivity contribution is 6.30. The average Bonchev–Trinajstić information content (AvgIpc) is 2.83. The molecule has 0 saturated carbocycles. The van der Waals surface area contributed by atoms with Gasteiger partial charge in [-0.2, -0.15) is 0 Å². The van der Waals surface area contributed by atoms with Crippen molar-refractivity contribution < 1.29 is 14.7 Å². The number of hydrogen-bond acceptors (Lipinski definition) is 3. The number of aliphatic carboxylic acids is 1. The first-order valence-corrected chi connectivity index (χ1v) is 12.5. The maximum absolute atomic E-state index is 13.9. The smallest absolute Gasteiger partial charge is 0.304 e. The molecule has 1 fully saturated rings. The van der Waals surface area contributed by atoms with Crippen molar-refractivity contribution in [2.45, 2.75) is 44.6 Å². The molecule has 0 spiro atoms. The van der Waals surface area contributed by atoms with Crippen LogP contribution in [-0.2, 0) is 16.0 Å². The third-order valence-electron chi connectivity index (χ3n) is 6.78. The van der Waals surface area contributed by atoms with Gasteiger partial charge in [-0.25, -0.2) is 0 Å². The Kier molecular flexibility index (Phi) is 7.78. The molecule has 0 unspecified atom stereocenters. The Morgan fingerprint density at radius 3 is 2.51 bits per heavy atom. The Bertz CT molecular complexity index is 1190. The number of hydrogen-bond donors (Lipinski definition) is 1. The lowest BCUT2D eigenvalue weighted by Gasteiger charge is -2.49. The molecular weight excluding hydrogens is 483 g/mol. The van der Waals surface area contributed by atoms with Crippen LogP contribution in [0.2, 0.25) is 10.0 Å². The van der Waals surface area contributed by atoms with Crippen molar-refractivity contribution in [2.75, 3.05) is 6.54 Å². The number of aromatic nitrogens is 1. The number of piperidine rings is 1. The second-order valence-corrected chi connectivity index (χ2v) is 10.3. The van der Waals surface area contributed by atoms with Crippen LogP contribution in [0, 0.1) is 5.41 Å². The molecule has 2 aromatic carbocycles. The Morgan fingerprint density at radius 2 is 1.86 bits per heavy atom. The van der Waals surface area contributed by atoms with Crippen LogP contribution in [-0.4, -0.2) is 33.4 Å². The largest absolute Gasteiger partial charge is 0.481 e. The van der Waals surface area contributed by atoms with Gasteiger partial charge in [-0.05, 0) is 66.3 Å². The summed E-state index contributed by atoms with van der Waals surface area (Å²) in [7, 11) is 0. The van der Waals surface area contributed by atoms with Crippen molar-refractivity contribution in [3.8, 4) is 0 Å². The molecule has 0 bridgehead atoms. The van der Waals surface area contributed by atoms with Crippen LogP contribution in [0.1, 0.15) is 54.8 Å². The minimum Gasteiger partial charge on any atom is -0.481 e. The van der Waals surface area contributed by atoms with Crippen molar-refractivity contribution in [1.29, 1.82) is 0 Å². The van der Waals surface area contributed by atoms with Crippen LogP contribution in [0.15, 0.2) is 73.1 Å². The molecule has 2 heterocycles. The first-order valence-electron chi connectivity index (χ1n) is 11.7. The predicted molar refractivity (Wildman–Crippen MR) is 138 cm³/mol. The summed E-state index contributed by atoms with van der Waals surface area (Å²) < 4.78 is 0. The summed E-state index contributed by atoms with van der Waals surface area (Å²) in [6.45, 7) is 2.26. The number of amides is 1. The van der Waals surface area contributed by atoms with Crippen molar-refractivity contribution in [2.24, 2.45) is 5.41 Å². The van der Waals surface area contributed by atoms with E-state index in [1.807, 2.05) is 71.8 Å². The van der Waals surface area contributed by atoms with E-state index in [1.165, 1.54) is 0 Å². The highest BCUT2D eigenvalue weighted by atomic mass is 35.5. The molecule has 182 valence electrons. The molecular formula is C28H28Cl2N2O3. The molecule has 1 aromatic heterocycles. The third-order valence-corrected chi connectivity index (χ3v) is 7.27. The summed E-state index contributed by atoms with van der Waals surface area (Å²) >= 11 is 12.5. The molecule has 1 aliphatic heterocycles. The van der Waals surface area contributed by atoms with E-state index < -0.39 is 11.4 Å². The fourth-order valence-corrected chi connectivity index (χ4v) is 5.53. The molecule has 3 atom stereocenters. The first-order chi connectivity index (χ1) is 16.8. The van der Waals surface area contributed by atoms with Crippen molar-refractivity contribution in [3.05, 3.63) is 99.8 Å². The van der Waals surface area contributed by atoms with Crippen LogP contribution in [0.5, 0.6) is 0 Å². The van der Waals surface area contributed by atoms with Gasteiger partial charge in [0.05, 0.1) is 17.9 Å². The number of carboxylic acids is 1. The van der Waals surface area contributed by atoms with E-state index in [9.17, 15) is 14.7 Å². The number of pyridine rings is 1. The van der Waals surface area contributed by atoms with Crippen molar-refractivity contribution >= 4 is 35.1 Å². The lowest BCUT2D eigenvalue weighted by atomic mass is 9.67. The summed E-state index contributed by atoms with van der Waals surface area (Å²) in [6.07, 6.45) is 5.24. The SMILES string of the molecule is C[C@]1(CC(=O)O)C[C@H](c2cccc(Cl)c2)[C@@H](c2ccc(Cl)cc2)N(CCCc2cccnc2)C1=O. The van der Waals surface area contributed by atoms with Gasteiger partial charge >= 0.3 is 5.97 Å². The number of carbonyl (C=O) groups excluding carboxylic acids is 1. The van der Waals surface area contributed by atoms with E-state index in [0.29, 0.717) is 23.0 Å². The molecule has 3 aromatic rings. The third kappa shape index (κ3) is 5.85. The summed E-state index contributed by atoms with van der Waals surface area (Å²) in [5.41, 5.74) is 2.01. The van der Waals surface area contributed by atoms with Gasteiger partial charge in [0, 0.05) is 34.9 Å². The van der Waals surface area contributed by atoms with E-state index in [2.05, 4.69) is 4.98 Å². The first kappa shape index (κ1) is 25.2. The number of benzene rings is 2. The summed E-state index contributed by atoms with van der Waals surface area (Å²) in [5.74, 6) is -1.24. The molecule has 5 nitrogen and oxygen atoms in total. The van der Waals surface area contributed by atoms with Gasteiger partial charge in [0.15, 0.2) is 0 Å². The van der Waals surface area contributed by atoms with Gasteiger partial charge in [-0.1, -0.05) is 60.5 Å². The molecule has 1 N–H and O–H groups in total. The minimum absolute atomic E-state index is 0.129. The Balaban J connectivity index is 1.75. The highest BCUT2D eigenvalue weighted by Gasteiger charge is 2.50. The molecule has 35 heavy (non-hydrogen) atoms. The van der Waals surface area contributed by atoms with Gasteiger partial charge in [-0.3, -0.25) is 14.6 Å². The van der Waals surface area contributed by atoms with Gasteiger partial charge in [0.25, 0.3) is 0 Å². The van der Waals surface area contributed by atoms with E-state index in [0.717, 1.165) is 29.5 Å². The van der Waals surface area contributed by atoms with Gasteiger partial charge in [-0.15, -0.1) is 0 Å². The van der Waals surface area contributed by atoms with Crippen LogP contribution in [0.3, 0.4) is 0 Å². The number of carbonyl (C=O) groups is 2. The van der Waals surface area contributed by atoms with Gasteiger partial charge in [0.1, 0.15) is 0 Å². The van der Waals surface area contributed by atoms with Crippen molar-refractivity contribution in [3.63, 3.8) is 0 Å². The van der Waals surface area contributed by atoms with Crippen LogP contribution >= 0.6 is 23.2 Å². The van der Waals surface area contributed by atoms with Crippen LogP contribution in [0.4, 0.5) is 0 Å². The molecule has 1 amide bonds. The zero-order valence-corrected chi connectivity index (χ0v) is 21.0. The zero-order valence-electron chi connectivity index (χ0n) is 19.5. The second-order valence-electron chi connectivity index (χ2n) is 9.46. The Labute approximate surface area is 215 Å². The normalized spacial score (nSPS) is 22.3. The summed E-state index contributed by atoms with van der Waals surface area (Å²) in [6, 6.07) is 18.8. The lowest BCUT2D eigenvalue weighted by molar-refractivity contribution is -0.157. The van der Waals surface area contributed by atoms with Gasteiger partial charge < -0.3 is 10.0 Å². The van der Waals surface area contributed by atoms with E-state index in [4.69, 9.17) is 23.2 Å². The average molecular weight is 511 g/mol. The Morgan fingerprint density at radius 1 is 1.09 bits per heavy atom. The Hall–Kier alpha value is -2.89. The monoisotopic (exact) mass is 510 g/mol. The number of rotatable bonds is 8. The molecule has 1 aliphatic rings. The standard InChI is InChI=1S/C28H28Cl2N2O3/c1-28(17-25(33)34)16-24(21-7-2-8-23(30)15-21)26(20-9-11-22(29)12-10-20)32(27(28)35)14-4-6-19-5-3-13-31-18-19/h2-3,5,7-13,15,18,24,26H,4,6,14,16-17H2,1H3,(H,33,34)/t24-,26-,28-/m1/s1. The van der Waals surface area contributed by atoms with E-state index in [-0.39, 0.29) is 24.3 Å². The fourth-order valence-electron chi connectivity index (χ4n) is 5.21. The molecule has 7 heteroatoms. The molecule has 0 radical (unpaired) electrons. The zero-order chi connectivity index (χ0) is 25.0. The van der Waals surface area contributed by atoms with Crippen molar-refractivity contribution in [1.82, 2.24) is 9.88 Å². The van der Waals surface area contributed by atoms with Gasteiger partial charge in [0.2, 0.25) is 5.91 Å². The number of nitrogens with zero attached hydrogens (tertiary/aromatic N) is 2. The summed E-state index contributed by atoms with van der Waals surface area (Å²) in [5, 5.41) is 10.9. The topological polar surface area (TPSA) is 70.5 Å². The van der Waals surface area contributed by atoms with E-state index >= 15 is 0 Å². The molecule has 1 saturated heterocycles. The number of carboxylic acid groups (broad SMARTS) is 1. The lowest BCUT2D eigenvalue weighted by Crippen LogP contribution is -2.52. The maximum Gasteiger partial charge on any atom is 0.304 e. The number of aryl methyl sites for hydroxylation is 1. The minimum atomic E-state index is -1.03. The highest BCUT2D eigenvalue weighted by Crippen LogP contribution is 2.51. The maximum atomic E-state index is 13.9. The van der Waals surface area contributed by atoms with Crippen LogP contribution < -0.4 is 0 Å². The summed E-state index contributed by atoms with van der Waals surface area (Å²) in [4.78, 5) is 31.8. The number of halogens is 2. The predicted octanol–water partition coefficient (Wildman–Crippen LogP) is 6.56. The van der Waals surface area contributed by atoms with Crippen LogP contribution in [0.25, 0.3) is 0 Å². The number of likely N-dealkylation sites (tertiary alicyclic amines) is 1.